The van der Waals surface area contributed by atoms with Crippen LogP contribution >= 0.6 is 0 Å². The highest BCUT2D eigenvalue weighted by atomic mass is 16.5. The number of nitrogens with zero attached hydrogens (tertiary/aromatic N) is 1. The maximum absolute atomic E-state index is 12.3. The van der Waals surface area contributed by atoms with Crippen LogP contribution in [0.25, 0.3) is 0 Å². The number of methoxy groups -OCH3 is 1. The van der Waals surface area contributed by atoms with E-state index in [1.807, 2.05) is 0 Å². The van der Waals surface area contributed by atoms with E-state index in [9.17, 15) is 19.8 Å². The van der Waals surface area contributed by atoms with E-state index in [0.717, 1.165) is 0 Å². The van der Waals surface area contributed by atoms with E-state index in [2.05, 4.69) is 21.2 Å². The number of carbonyl (C=O) groups is 2. The summed E-state index contributed by atoms with van der Waals surface area (Å²) in [5, 5.41) is 29.1. The summed E-state index contributed by atoms with van der Waals surface area (Å²) in [6.45, 7) is 3.60. The summed E-state index contributed by atoms with van der Waals surface area (Å²) in [6.07, 6.45) is 0.229. The summed E-state index contributed by atoms with van der Waals surface area (Å²) in [4.78, 5) is 24.4. The molecule has 2 amide bonds. The Morgan fingerprint density at radius 3 is 2.71 bits per heavy atom. The number of ether oxygens (including phenoxy) is 3. The summed E-state index contributed by atoms with van der Waals surface area (Å²) in [6, 6.07) is 10.4. The van der Waals surface area contributed by atoms with Crippen LogP contribution < -0.4 is 25.5 Å². The molecule has 0 aliphatic carbocycles. The molecule has 5 N–H and O–H groups in total. The number of hydrogen-bond acceptors (Lipinski definition) is 9. The molecule has 0 saturated heterocycles. The van der Waals surface area contributed by atoms with Crippen molar-refractivity contribution in [1.29, 1.82) is 0 Å². The molecule has 0 bridgehead atoms. The number of para-hydroxylation sites is 1. The molecule has 11 nitrogen and oxygen atoms in total. The molecule has 186 valence electrons. The number of benzene rings is 2. The van der Waals surface area contributed by atoms with Gasteiger partial charge in [0, 0.05) is 11.3 Å². The minimum absolute atomic E-state index is 0.0653. The molecule has 0 radical (unpaired) electrons. The van der Waals surface area contributed by atoms with Crippen molar-refractivity contribution < 1.29 is 34.0 Å². The Morgan fingerprint density at radius 2 is 2.00 bits per heavy atom. The third-order valence-corrected chi connectivity index (χ3v) is 5.04. The van der Waals surface area contributed by atoms with Crippen molar-refractivity contribution >= 4 is 18.2 Å². The molecular weight excluding hydrogens is 456 g/mol. The number of amides is 2. The number of hydrogen-bond donors (Lipinski definition) is 5. The van der Waals surface area contributed by atoms with Gasteiger partial charge in [-0.3, -0.25) is 5.43 Å². The first-order valence-electron chi connectivity index (χ1n) is 10.8. The van der Waals surface area contributed by atoms with Crippen molar-refractivity contribution in [3.05, 3.63) is 64.9 Å². The van der Waals surface area contributed by atoms with Gasteiger partial charge < -0.3 is 35.1 Å². The minimum atomic E-state index is -1.15. The van der Waals surface area contributed by atoms with E-state index >= 15 is 0 Å². The van der Waals surface area contributed by atoms with Gasteiger partial charge in [-0.05, 0) is 43.7 Å². The number of esters is 1. The summed E-state index contributed by atoms with van der Waals surface area (Å²) in [7, 11) is 1.27. The lowest BCUT2D eigenvalue weighted by molar-refractivity contribution is -0.136. The van der Waals surface area contributed by atoms with Crippen LogP contribution in [0, 0.1) is 0 Å². The number of aromatic hydroxyl groups is 1. The number of phenols is 1. The molecule has 1 aliphatic heterocycles. The van der Waals surface area contributed by atoms with E-state index in [0.29, 0.717) is 34.9 Å². The molecule has 1 heterocycles. The van der Waals surface area contributed by atoms with Crippen molar-refractivity contribution in [1.82, 2.24) is 16.1 Å². The van der Waals surface area contributed by atoms with Crippen molar-refractivity contribution in [3.8, 4) is 17.2 Å². The molecule has 11 heteroatoms. The van der Waals surface area contributed by atoms with Gasteiger partial charge in [-0.25, -0.2) is 9.59 Å². The monoisotopic (exact) mass is 484 g/mol. The van der Waals surface area contributed by atoms with Gasteiger partial charge in [0.2, 0.25) is 0 Å². The Hall–Kier alpha value is -4.25. The second-order valence-corrected chi connectivity index (χ2v) is 7.47. The van der Waals surface area contributed by atoms with Crippen LogP contribution in [0.1, 0.15) is 31.0 Å². The maximum atomic E-state index is 12.3. The first-order chi connectivity index (χ1) is 16.8. The molecule has 0 saturated carbocycles. The quantitative estimate of drug-likeness (QED) is 0.149. The van der Waals surface area contributed by atoms with Gasteiger partial charge in [-0.2, -0.15) is 5.10 Å². The standard InChI is InChI=1S/C24H28N4O7/c1-4-34-19-11-15(22-21(23(31)33-3)14(2)26-24(32)27-22)9-10-18(19)35-13-20(30)28-25-12-16-7-5-6-8-17(16)29/h5-12,20,22,28-30H,4,13H2,1-3H3,(H2,26,27,32)/b25-12-/t20-,22-/m1/s1. The molecule has 3 rings (SSSR count). The maximum Gasteiger partial charge on any atom is 0.337 e. The average Bonchev–Trinajstić information content (AvgIpc) is 2.83. The summed E-state index contributed by atoms with van der Waals surface area (Å²) in [5.74, 6) is 0.207. The van der Waals surface area contributed by atoms with Crippen LogP contribution in [0.5, 0.6) is 17.2 Å². The fourth-order valence-corrected chi connectivity index (χ4v) is 3.41. The molecule has 2 atom stereocenters. The van der Waals surface area contributed by atoms with E-state index in [-0.39, 0.29) is 17.9 Å². The number of hydrazone groups is 1. The Bertz CT molecular complexity index is 1130. The number of aliphatic hydroxyl groups excluding tert-OH is 1. The number of allylic oxidation sites excluding steroid dienone is 1. The third-order valence-electron chi connectivity index (χ3n) is 5.04. The van der Waals surface area contributed by atoms with E-state index in [1.165, 1.54) is 19.4 Å². The SMILES string of the molecule is CCOc1cc([C@H]2NC(=O)NC(C)=C2C(=O)OC)ccc1OC[C@@H](O)N/N=C\c1ccccc1O. The van der Waals surface area contributed by atoms with Crippen molar-refractivity contribution in [2.75, 3.05) is 20.3 Å². The van der Waals surface area contributed by atoms with Crippen molar-refractivity contribution in [2.45, 2.75) is 26.1 Å². The number of rotatable bonds is 10. The predicted molar refractivity (Wildman–Crippen MR) is 127 cm³/mol. The van der Waals surface area contributed by atoms with E-state index in [4.69, 9.17) is 14.2 Å². The third kappa shape index (κ3) is 6.42. The highest BCUT2D eigenvalue weighted by Crippen LogP contribution is 2.34. The zero-order chi connectivity index (χ0) is 25.4. The zero-order valence-corrected chi connectivity index (χ0v) is 19.6. The summed E-state index contributed by atoms with van der Waals surface area (Å²) < 4.78 is 16.3. The molecule has 1 aliphatic rings. The van der Waals surface area contributed by atoms with Gasteiger partial charge in [-0.15, -0.1) is 0 Å². The molecule has 2 aromatic rings. The second-order valence-electron chi connectivity index (χ2n) is 7.47. The molecule has 0 unspecified atom stereocenters. The number of urea groups is 1. The van der Waals surface area contributed by atoms with Gasteiger partial charge in [0.25, 0.3) is 0 Å². The van der Waals surface area contributed by atoms with Crippen LogP contribution in [0.15, 0.2) is 58.8 Å². The largest absolute Gasteiger partial charge is 0.507 e. The smallest absolute Gasteiger partial charge is 0.337 e. The summed E-state index contributed by atoms with van der Waals surface area (Å²) >= 11 is 0. The Morgan fingerprint density at radius 1 is 1.23 bits per heavy atom. The highest BCUT2D eigenvalue weighted by Gasteiger charge is 2.32. The lowest BCUT2D eigenvalue weighted by atomic mass is 9.95. The Balaban J connectivity index is 1.72. The predicted octanol–water partition coefficient (Wildman–Crippen LogP) is 1.91. The average molecular weight is 485 g/mol. The molecule has 2 aromatic carbocycles. The number of phenolic OH excluding ortho intramolecular Hbond substituents is 1. The first kappa shape index (κ1) is 25.4. The molecule has 0 fully saturated rings. The number of nitrogens with one attached hydrogen (secondary N) is 3. The number of carbonyl (C=O) groups excluding carboxylic acids is 2. The van der Waals surface area contributed by atoms with Crippen LogP contribution in [0.2, 0.25) is 0 Å². The van der Waals surface area contributed by atoms with E-state index < -0.39 is 24.3 Å². The van der Waals surface area contributed by atoms with Crippen LogP contribution in [-0.4, -0.2) is 55.0 Å². The highest BCUT2D eigenvalue weighted by molar-refractivity contribution is 5.95. The molecule has 0 aromatic heterocycles. The molecular formula is C24H28N4O7. The molecule has 35 heavy (non-hydrogen) atoms. The van der Waals surface area contributed by atoms with E-state index in [1.54, 1.807) is 50.2 Å². The van der Waals surface area contributed by atoms with Crippen molar-refractivity contribution in [2.24, 2.45) is 5.10 Å². The fourth-order valence-electron chi connectivity index (χ4n) is 3.41. The molecule has 0 spiro atoms. The second kappa shape index (κ2) is 11.7. The van der Waals surface area contributed by atoms with Gasteiger partial charge in [0.1, 0.15) is 12.4 Å². The van der Waals surface area contributed by atoms with Crippen molar-refractivity contribution in [3.63, 3.8) is 0 Å². The van der Waals surface area contributed by atoms with Gasteiger partial charge >= 0.3 is 12.0 Å². The lowest BCUT2D eigenvalue weighted by Gasteiger charge is -2.28. The first-order valence-corrected chi connectivity index (χ1v) is 10.8. The van der Waals surface area contributed by atoms with Gasteiger partial charge in [0.05, 0.1) is 31.5 Å². The van der Waals surface area contributed by atoms with Crippen LogP contribution in [0.3, 0.4) is 0 Å². The Kier molecular flexibility index (Phi) is 8.52. The number of aliphatic hydroxyl groups is 1. The van der Waals surface area contributed by atoms with Gasteiger partial charge in [0.15, 0.2) is 17.7 Å². The minimum Gasteiger partial charge on any atom is -0.507 e. The lowest BCUT2D eigenvalue weighted by Crippen LogP contribution is -2.45. The van der Waals surface area contributed by atoms with Gasteiger partial charge in [-0.1, -0.05) is 18.2 Å². The zero-order valence-electron chi connectivity index (χ0n) is 19.6. The van der Waals surface area contributed by atoms with Crippen LogP contribution in [0.4, 0.5) is 4.79 Å². The topological polar surface area (TPSA) is 151 Å². The van der Waals surface area contributed by atoms with Crippen LogP contribution in [-0.2, 0) is 9.53 Å². The normalized spacial score (nSPS) is 16.3. The Labute approximate surface area is 202 Å². The fraction of sp³-hybridized carbons (Fsp3) is 0.292. The summed E-state index contributed by atoms with van der Waals surface area (Å²) in [5.41, 5.74) is 4.25.